The molecule has 0 spiro atoms. The summed E-state index contributed by atoms with van der Waals surface area (Å²) in [6.07, 6.45) is 2.39. The van der Waals surface area contributed by atoms with Crippen LogP contribution in [0.25, 0.3) is 0 Å². The van der Waals surface area contributed by atoms with E-state index in [2.05, 4.69) is 42.8 Å². The molecule has 1 amide bonds. The molecule has 0 aromatic carbocycles. The lowest BCUT2D eigenvalue weighted by molar-refractivity contribution is -0.131. The predicted octanol–water partition coefficient (Wildman–Crippen LogP) is 1.87. The smallest absolute Gasteiger partial charge is 0.236 e. The third-order valence-electron chi connectivity index (χ3n) is 5.48. The number of hydrogen-bond acceptors (Lipinski definition) is 4. The fourth-order valence-electron chi connectivity index (χ4n) is 3.67. The van der Waals surface area contributed by atoms with E-state index in [0.717, 1.165) is 64.6 Å². The molecule has 2 saturated heterocycles. The Hall–Kier alpha value is -0.610. The van der Waals surface area contributed by atoms with Gasteiger partial charge in [-0.2, -0.15) is 0 Å². The van der Waals surface area contributed by atoms with Gasteiger partial charge in [0, 0.05) is 52.9 Å². The average molecular weight is 509 g/mol. The standard InChI is InChI=1S/C20H39N5O2.HI/c1-6-21-19(22-15-17(27-5)20(2,3)4)25-13-11-23(12-14-25)16-18(26)24-9-7-8-10-24;/h17H,6-16H2,1-5H3,(H,21,22);1H. The number of nitrogens with one attached hydrogen (secondary N) is 1. The van der Waals surface area contributed by atoms with Gasteiger partial charge in [-0.25, -0.2) is 0 Å². The van der Waals surface area contributed by atoms with Crippen molar-refractivity contribution in [2.45, 2.75) is 46.6 Å². The van der Waals surface area contributed by atoms with Gasteiger partial charge in [0.2, 0.25) is 5.91 Å². The van der Waals surface area contributed by atoms with Crippen molar-refractivity contribution in [3.63, 3.8) is 0 Å². The number of methoxy groups -OCH3 is 1. The van der Waals surface area contributed by atoms with E-state index < -0.39 is 0 Å². The molecule has 2 aliphatic heterocycles. The summed E-state index contributed by atoms with van der Waals surface area (Å²) in [5.74, 6) is 1.24. The molecular weight excluding hydrogens is 469 g/mol. The van der Waals surface area contributed by atoms with Crippen LogP contribution in [0.1, 0.15) is 40.5 Å². The summed E-state index contributed by atoms with van der Waals surface area (Å²) in [5.41, 5.74) is 0.0597. The highest BCUT2D eigenvalue weighted by molar-refractivity contribution is 14.0. The first-order valence-corrected chi connectivity index (χ1v) is 10.4. The number of carbonyl (C=O) groups excluding carboxylic acids is 1. The van der Waals surface area contributed by atoms with Crippen LogP contribution >= 0.6 is 24.0 Å². The molecular formula is C20H40IN5O2. The van der Waals surface area contributed by atoms with E-state index in [4.69, 9.17) is 9.73 Å². The second kappa shape index (κ2) is 12.2. The zero-order valence-corrected chi connectivity index (χ0v) is 20.7. The third-order valence-corrected chi connectivity index (χ3v) is 5.48. The number of piperazine rings is 1. The second-order valence-electron chi connectivity index (χ2n) is 8.64. The van der Waals surface area contributed by atoms with E-state index in [1.807, 2.05) is 4.90 Å². The number of aliphatic imine (C=N–C) groups is 1. The minimum absolute atomic E-state index is 0. The fourth-order valence-corrected chi connectivity index (χ4v) is 3.67. The number of carbonyl (C=O) groups is 1. The van der Waals surface area contributed by atoms with Crippen molar-refractivity contribution in [2.24, 2.45) is 10.4 Å². The van der Waals surface area contributed by atoms with E-state index in [0.29, 0.717) is 13.1 Å². The second-order valence-corrected chi connectivity index (χ2v) is 8.64. The van der Waals surface area contributed by atoms with Gasteiger partial charge in [-0.15, -0.1) is 24.0 Å². The molecule has 2 fully saturated rings. The van der Waals surface area contributed by atoms with Gasteiger partial charge in [0.25, 0.3) is 0 Å². The summed E-state index contributed by atoms with van der Waals surface area (Å²) in [6, 6.07) is 0. The van der Waals surface area contributed by atoms with Crippen molar-refractivity contribution < 1.29 is 9.53 Å². The Kier molecular flexibility index (Phi) is 11.1. The first-order chi connectivity index (χ1) is 12.8. The third kappa shape index (κ3) is 7.67. The maximum absolute atomic E-state index is 12.4. The number of nitrogens with zero attached hydrogens (tertiary/aromatic N) is 4. The van der Waals surface area contributed by atoms with E-state index in [1.54, 1.807) is 7.11 Å². The van der Waals surface area contributed by atoms with Gasteiger partial charge in [-0.1, -0.05) is 20.8 Å². The molecule has 7 nitrogen and oxygen atoms in total. The first-order valence-electron chi connectivity index (χ1n) is 10.4. The quantitative estimate of drug-likeness (QED) is 0.337. The van der Waals surface area contributed by atoms with E-state index in [-0.39, 0.29) is 41.4 Å². The van der Waals surface area contributed by atoms with Crippen LogP contribution in [-0.4, -0.2) is 98.7 Å². The normalized spacial score (nSPS) is 20.1. The Morgan fingerprint density at radius 2 is 1.68 bits per heavy atom. The highest BCUT2D eigenvalue weighted by Crippen LogP contribution is 2.22. The molecule has 0 aromatic rings. The maximum atomic E-state index is 12.4. The summed E-state index contributed by atoms with van der Waals surface area (Å²) < 4.78 is 5.64. The van der Waals surface area contributed by atoms with Gasteiger partial charge in [-0.05, 0) is 25.2 Å². The number of ether oxygens (including phenoxy) is 1. The lowest BCUT2D eigenvalue weighted by atomic mass is 9.89. The Bertz CT molecular complexity index is 495. The van der Waals surface area contributed by atoms with Crippen molar-refractivity contribution in [1.82, 2.24) is 20.0 Å². The number of likely N-dealkylation sites (tertiary alicyclic amines) is 1. The Labute approximate surface area is 188 Å². The van der Waals surface area contributed by atoms with Crippen LogP contribution in [0.5, 0.6) is 0 Å². The summed E-state index contributed by atoms with van der Waals surface area (Å²) in [5, 5.41) is 3.41. The van der Waals surface area contributed by atoms with Gasteiger partial charge in [0.1, 0.15) is 0 Å². The molecule has 2 rings (SSSR count). The van der Waals surface area contributed by atoms with Crippen LogP contribution in [0.4, 0.5) is 0 Å². The number of hydrogen-bond donors (Lipinski definition) is 1. The zero-order valence-electron chi connectivity index (χ0n) is 18.4. The maximum Gasteiger partial charge on any atom is 0.236 e. The number of amides is 1. The molecule has 0 aliphatic carbocycles. The highest BCUT2D eigenvalue weighted by atomic mass is 127. The molecule has 0 radical (unpaired) electrons. The summed E-state index contributed by atoms with van der Waals surface area (Å²) in [4.78, 5) is 23.8. The Balaban J connectivity index is 0.00000392. The Morgan fingerprint density at radius 3 is 2.18 bits per heavy atom. The van der Waals surface area contributed by atoms with Crippen molar-refractivity contribution in [2.75, 3.05) is 66.0 Å². The zero-order chi connectivity index (χ0) is 19.9. The molecule has 0 aromatic heterocycles. The predicted molar refractivity (Wildman–Crippen MR) is 125 cm³/mol. The Morgan fingerprint density at radius 1 is 1.07 bits per heavy atom. The van der Waals surface area contributed by atoms with Crippen LogP contribution in [0.2, 0.25) is 0 Å². The SMILES string of the molecule is CCNC(=NCC(OC)C(C)(C)C)N1CCN(CC(=O)N2CCCC2)CC1.I. The van der Waals surface area contributed by atoms with Crippen molar-refractivity contribution >= 4 is 35.8 Å². The summed E-state index contributed by atoms with van der Waals surface area (Å²) in [7, 11) is 1.76. The highest BCUT2D eigenvalue weighted by Gasteiger charge is 2.26. The lowest BCUT2D eigenvalue weighted by Gasteiger charge is -2.37. The molecule has 164 valence electrons. The van der Waals surface area contributed by atoms with Crippen LogP contribution in [-0.2, 0) is 9.53 Å². The molecule has 8 heteroatoms. The van der Waals surface area contributed by atoms with Crippen LogP contribution in [0, 0.1) is 5.41 Å². The van der Waals surface area contributed by atoms with Gasteiger partial charge in [-0.3, -0.25) is 14.7 Å². The minimum atomic E-state index is 0. The van der Waals surface area contributed by atoms with E-state index >= 15 is 0 Å². The average Bonchev–Trinajstić information content (AvgIpc) is 3.16. The van der Waals surface area contributed by atoms with E-state index in [9.17, 15) is 4.79 Å². The number of rotatable bonds is 6. The van der Waals surface area contributed by atoms with Crippen molar-refractivity contribution in [1.29, 1.82) is 0 Å². The van der Waals surface area contributed by atoms with Crippen molar-refractivity contribution in [3.8, 4) is 0 Å². The van der Waals surface area contributed by atoms with E-state index in [1.165, 1.54) is 0 Å². The van der Waals surface area contributed by atoms with Gasteiger partial charge in [0.05, 0.1) is 19.2 Å². The van der Waals surface area contributed by atoms with Gasteiger partial charge < -0.3 is 19.9 Å². The topological polar surface area (TPSA) is 60.4 Å². The first kappa shape index (κ1) is 25.4. The molecule has 2 heterocycles. The molecule has 1 unspecified atom stereocenters. The molecule has 1 N–H and O–H groups in total. The van der Waals surface area contributed by atoms with Gasteiger partial charge in [0.15, 0.2) is 5.96 Å². The van der Waals surface area contributed by atoms with Crippen LogP contribution in [0.15, 0.2) is 4.99 Å². The van der Waals surface area contributed by atoms with Crippen LogP contribution in [0.3, 0.4) is 0 Å². The lowest BCUT2D eigenvalue weighted by Crippen LogP contribution is -2.54. The monoisotopic (exact) mass is 509 g/mol. The fraction of sp³-hybridized carbons (Fsp3) is 0.900. The summed E-state index contributed by atoms with van der Waals surface area (Å²) >= 11 is 0. The molecule has 0 saturated carbocycles. The molecule has 28 heavy (non-hydrogen) atoms. The molecule has 0 bridgehead atoms. The summed E-state index contributed by atoms with van der Waals surface area (Å²) in [6.45, 7) is 16.1. The van der Waals surface area contributed by atoms with Crippen LogP contribution < -0.4 is 5.32 Å². The number of guanidine groups is 1. The molecule has 2 aliphatic rings. The number of halogens is 1. The van der Waals surface area contributed by atoms with Gasteiger partial charge >= 0.3 is 0 Å². The van der Waals surface area contributed by atoms with Crippen molar-refractivity contribution in [3.05, 3.63) is 0 Å². The minimum Gasteiger partial charge on any atom is -0.379 e. The largest absolute Gasteiger partial charge is 0.379 e. The molecule has 1 atom stereocenters.